The Balaban J connectivity index is 1.57. The second-order valence-electron chi connectivity index (χ2n) is 7.96. The van der Waals surface area contributed by atoms with Crippen LogP contribution in [0, 0.1) is 0 Å². The average Bonchev–Trinajstić information content (AvgIpc) is 2.89. The molecule has 0 saturated heterocycles. The maximum atomic E-state index is 13.5. The minimum Gasteiger partial charge on any atom is -0.458 e. The van der Waals surface area contributed by atoms with Crippen LogP contribution in [0.2, 0.25) is 0 Å². The summed E-state index contributed by atoms with van der Waals surface area (Å²) in [4.78, 5) is 26.5. The van der Waals surface area contributed by atoms with Gasteiger partial charge in [0.05, 0.1) is 0 Å². The third-order valence-electron chi connectivity index (χ3n) is 5.51. The number of carbonyl (C=O) groups is 2. The molecule has 4 rings (SSSR count). The van der Waals surface area contributed by atoms with E-state index in [1.165, 1.54) is 0 Å². The summed E-state index contributed by atoms with van der Waals surface area (Å²) >= 11 is 0. The molecule has 4 heteroatoms. The summed E-state index contributed by atoms with van der Waals surface area (Å²) in [6.07, 6.45) is -0.829. The Morgan fingerprint density at radius 1 is 0.559 bits per heavy atom. The van der Waals surface area contributed by atoms with Gasteiger partial charge in [0.2, 0.25) is 6.10 Å². The first-order valence-electron chi connectivity index (χ1n) is 11.3. The van der Waals surface area contributed by atoms with Crippen molar-refractivity contribution in [2.24, 2.45) is 0 Å². The lowest BCUT2D eigenvalue weighted by Gasteiger charge is -2.22. The van der Waals surface area contributed by atoms with Crippen LogP contribution in [0.15, 0.2) is 121 Å². The third kappa shape index (κ3) is 6.20. The fraction of sp³-hybridized carbons (Fsp3) is 0.133. The number of ether oxygens (including phenoxy) is 2. The van der Waals surface area contributed by atoms with Gasteiger partial charge < -0.3 is 9.47 Å². The first kappa shape index (κ1) is 23.0. The zero-order valence-corrected chi connectivity index (χ0v) is 18.7. The van der Waals surface area contributed by atoms with E-state index >= 15 is 0 Å². The van der Waals surface area contributed by atoms with Crippen LogP contribution in [0.4, 0.5) is 0 Å². The van der Waals surface area contributed by atoms with Crippen LogP contribution < -0.4 is 0 Å². The largest absolute Gasteiger partial charge is 0.458 e. The summed E-state index contributed by atoms with van der Waals surface area (Å²) in [6, 6.07) is 37.8. The minimum atomic E-state index is -1.06. The molecule has 0 aromatic heterocycles. The highest BCUT2D eigenvalue weighted by Gasteiger charge is 2.31. The molecule has 4 nitrogen and oxygen atoms in total. The van der Waals surface area contributed by atoms with Crippen molar-refractivity contribution in [1.82, 2.24) is 0 Å². The van der Waals surface area contributed by atoms with Crippen molar-refractivity contribution in [1.29, 1.82) is 0 Å². The number of hydrogen-bond acceptors (Lipinski definition) is 4. The predicted octanol–water partition coefficient (Wildman–Crippen LogP) is 5.72. The number of hydrogen-bond donors (Lipinski definition) is 0. The van der Waals surface area contributed by atoms with E-state index in [0.717, 1.165) is 22.3 Å². The molecule has 0 unspecified atom stereocenters. The maximum absolute atomic E-state index is 13.5. The first-order valence-corrected chi connectivity index (χ1v) is 11.3. The van der Waals surface area contributed by atoms with E-state index < -0.39 is 24.0 Å². The zero-order chi connectivity index (χ0) is 23.6. The van der Waals surface area contributed by atoms with Crippen LogP contribution in [-0.2, 0) is 32.1 Å². The molecule has 0 fully saturated rings. The molecule has 0 radical (unpaired) electrons. The summed E-state index contributed by atoms with van der Waals surface area (Å²) in [5.41, 5.74) is 3.35. The van der Waals surface area contributed by atoms with Crippen molar-refractivity contribution in [2.75, 3.05) is 0 Å². The molecular formula is C30H26O4. The van der Waals surface area contributed by atoms with Gasteiger partial charge in [-0.15, -0.1) is 0 Å². The highest BCUT2D eigenvalue weighted by atomic mass is 16.6. The quantitative estimate of drug-likeness (QED) is 0.306. The molecule has 1 atom stereocenters. The van der Waals surface area contributed by atoms with E-state index in [4.69, 9.17) is 9.47 Å². The van der Waals surface area contributed by atoms with Crippen molar-refractivity contribution in [3.8, 4) is 0 Å². The van der Waals surface area contributed by atoms with E-state index in [1.807, 2.05) is 121 Å². The summed E-state index contributed by atoms with van der Waals surface area (Å²) < 4.78 is 11.4. The molecule has 0 aliphatic rings. The van der Waals surface area contributed by atoms with Crippen molar-refractivity contribution >= 4 is 11.9 Å². The number of carbonyl (C=O) groups excluding carboxylic acids is 2. The van der Waals surface area contributed by atoms with Crippen LogP contribution in [0.3, 0.4) is 0 Å². The lowest BCUT2D eigenvalue weighted by atomic mass is 9.91. The number of esters is 2. The SMILES string of the molecule is O=C(O[C@@H](Cc1ccccc1)C(=O)OCc1ccccc1)C(c1ccccc1)c1ccccc1. The lowest BCUT2D eigenvalue weighted by Crippen LogP contribution is -2.33. The molecule has 0 saturated carbocycles. The van der Waals surface area contributed by atoms with Crippen LogP contribution in [0.25, 0.3) is 0 Å². The Morgan fingerprint density at radius 2 is 1.00 bits per heavy atom. The number of benzene rings is 4. The van der Waals surface area contributed by atoms with Gasteiger partial charge in [-0.25, -0.2) is 4.79 Å². The van der Waals surface area contributed by atoms with E-state index in [2.05, 4.69) is 0 Å². The molecule has 0 heterocycles. The van der Waals surface area contributed by atoms with E-state index in [0.29, 0.717) is 0 Å². The van der Waals surface area contributed by atoms with Gasteiger partial charge in [0.25, 0.3) is 0 Å². The Kier molecular flexibility index (Phi) is 7.86. The topological polar surface area (TPSA) is 52.6 Å². The van der Waals surface area contributed by atoms with Crippen molar-refractivity contribution < 1.29 is 19.1 Å². The van der Waals surface area contributed by atoms with Gasteiger partial charge in [0.1, 0.15) is 12.5 Å². The lowest BCUT2D eigenvalue weighted by molar-refractivity contribution is -0.169. The Morgan fingerprint density at radius 3 is 1.50 bits per heavy atom. The molecule has 34 heavy (non-hydrogen) atoms. The Bertz CT molecular complexity index is 1140. The third-order valence-corrected chi connectivity index (χ3v) is 5.51. The predicted molar refractivity (Wildman–Crippen MR) is 131 cm³/mol. The van der Waals surface area contributed by atoms with Crippen LogP contribution in [0.1, 0.15) is 28.2 Å². The summed E-state index contributed by atoms with van der Waals surface area (Å²) in [5, 5.41) is 0. The van der Waals surface area contributed by atoms with Crippen LogP contribution >= 0.6 is 0 Å². The average molecular weight is 451 g/mol. The second kappa shape index (κ2) is 11.6. The van der Waals surface area contributed by atoms with Gasteiger partial charge in [0, 0.05) is 6.42 Å². The monoisotopic (exact) mass is 450 g/mol. The van der Waals surface area contributed by atoms with Gasteiger partial charge in [-0.1, -0.05) is 121 Å². The highest BCUT2D eigenvalue weighted by Crippen LogP contribution is 2.27. The maximum Gasteiger partial charge on any atom is 0.348 e. The molecule has 4 aromatic rings. The molecule has 0 spiro atoms. The van der Waals surface area contributed by atoms with Crippen molar-refractivity contribution in [3.63, 3.8) is 0 Å². The molecule has 0 amide bonds. The molecule has 0 N–H and O–H groups in total. The van der Waals surface area contributed by atoms with Crippen LogP contribution in [0.5, 0.6) is 0 Å². The zero-order valence-electron chi connectivity index (χ0n) is 18.7. The van der Waals surface area contributed by atoms with Gasteiger partial charge in [-0.05, 0) is 22.3 Å². The Labute approximate surface area is 199 Å². The van der Waals surface area contributed by atoms with Crippen LogP contribution in [-0.4, -0.2) is 18.0 Å². The normalized spacial score (nSPS) is 11.6. The molecule has 170 valence electrons. The van der Waals surface area contributed by atoms with Gasteiger partial charge >= 0.3 is 11.9 Å². The molecular weight excluding hydrogens is 424 g/mol. The summed E-state index contributed by atoms with van der Waals surface area (Å²) in [5.74, 6) is -1.71. The molecule has 0 bridgehead atoms. The fourth-order valence-electron chi connectivity index (χ4n) is 3.79. The summed E-state index contributed by atoms with van der Waals surface area (Å²) in [6.45, 7) is 0.114. The van der Waals surface area contributed by atoms with E-state index in [-0.39, 0.29) is 13.0 Å². The van der Waals surface area contributed by atoms with Gasteiger partial charge in [0.15, 0.2) is 0 Å². The first-order chi connectivity index (χ1) is 16.7. The molecule has 0 aliphatic carbocycles. The number of rotatable bonds is 9. The summed E-state index contributed by atoms with van der Waals surface area (Å²) in [7, 11) is 0. The second-order valence-corrected chi connectivity index (χ2v) is 7.96. The minimum absolute atomic E-state index is 0.114. The highest BCUT2D eigenvalue weighted by molar-refractivity contribution is 5.85. The molecule has 0 aliphatic heterocycles. The Hall–Kier alpha value is -4.18. The van der Waals surface area contributed by atoms with Gasteiger partial charge in [-0.2, -0.15) is 0 Å². The van der Waals surface area contributed by atoms with Crippen molar-refractivity contribution in [2.45, 2.75) is 25.0 Å². The fourth-order valence-corrected chi connectivity index (χ4v) is 3.79. The molecule has 4 aromatic carbocycles. The van der Waals surface area contributed by atoms with Gasteiger partial charge in [-0.3, -0.25) is 4.79 Å². The van der Waals surface area contributed by atoms with Crippen molar-refractivity contribution in [3.05, 3.63) is 144 Å². The smallest absolute Gasteiger partial charge is 0.348 e. The van der Waals surface area contributed by atoms with E-state index in [9.17, 15) is 9.59 Å². The standard InChI is InChI=1S/C30H26O4/c31-29(33-22-24-15-7-2-8-16-24)27(21-23-13-5-1-6-14-23)34-30(32)28(25-17-9-3-10-18-25)26-19-11-4-12-20-26/h1-20,27-28H,21-22H2/t27-/m0/s1. The van der Waals surface area contributed by atoms with E-state index in [1.54, 1.807) is 0 Å².